The van der Waals surface area contributed by atoms with Gasteiger partial charge in [-0.15, -0.1) is 0 Å². The molecule has 0 bridgehead atoms. The summed E-state index contributed by atoms with van der Waals surface area (Å²) in [7, 11) is -3.09. The van der Waals surface area contributed by atoms with E-state index >= 15 is 0 Å². The highest BCUT2D eigenvalue weighted by Crippen LogP contribution is 2.23. The third kappa shape index (κ3) is 5.92. The molecule has 2 aromatic rings. The second kappa shape index (κ2) is 8.35. The smallest absolute Gasteiger partial charge is 0.319 e. The molecule has 0 saturated heterocycles. The van der Waals surface area contributed by atoms with E-state index in [1.165, 1.54) is 0 Å². The van der Waals surface area contributed by atoms with Gasteiger partial charge in [-0.3, -0.25) is 0 Å². The highest BCUT2D eigenvalue weighted by Gasteiger charge is 2.08. The Morgan fingerprint density at radius 3 is 2.46 bits per heavy atom. The van der Waals surface area contributed by atoms with Crippen LogP contribution in [0.1, 0.15) is 6.92 Å². The van der Waals surface area contributed by atoms with Crippen LogP contribution in [-0.2, 0) is 9.84 Å². The zero-order valence-corrected chi connectivity index (χ0v) is 14.2. The number of ether oxygens (including phenoxy) is 1. The van der Waals surface area contributed by atoms with Gasteiger partial charge in [0.1, 0.15) is 11.5 Å². The van der Waals surface area contributed by atoms with E-state index in [-0.39, 0.29) is 18.1 Å². The second-order valence-electron chi connectivity index (χ2n) is 5.06. The largest absolute Gasteiger partial charge is 0.457 e. The molecule has 0 aromatic heterocycles. The van der Waals surface area contributed by atoms with Crippen molar-refractivity contribution in [2.75, 3.05) is 23.4 Å². The van der Waals surface area contributed by atoms with Crippen molar-refractivity contribution >= 4 is 21.6 Å². The third-order valence-corrected chi connectivity index (χ3v) is 4.92. The molecule has 2 aromatic carbocycles. The molecule has 2 amide bonds. The number of carbonyl (C=O) groups is 1. The van der Waals surface area contributed by atoms with Crippen LogP contribution in [0.2, 0.25) is 0 Å². The van der Waals surface area contributed by atoms with E-state index in [0.717, 1.165) is 0 Å². The Morgan fingerprint density at radius 2 is 1.75 bits per heavy atom. The normalized spacial score (nSPS) is 10.9. The Labute approximate surface area is 141 Å². The van der Waals surface area contributed by atoms with Gasteiger partial charge in [0.2, 0.25) is 0 Å². The molecule has 0 unspecified atom stereocenters. The fourth-order valence-corrected chi connectivity index (χ4v) is 2.60. The molecule has 0 spiro atoms. The quantitative estimate of drug-likeness (QED) is 0.805. The van der Waals surface area contributed by atoms with Gasteiger partial charge >= 0.3 is 6.03 Å². The van der Waals surface area contributed by atoms with Crippen LogP contribution < -0.4 is 15.4 Å². The summed E-state index contributed by atoms with van der Waals surface area (Å²) in [5.41, 5.74) is 0.555. The minimum absolute atomic E-state index is 0.0647. The van der Waals surface area contributed by atoms with Crippen LogP contribution in [0.15, 0.2) is 54.6 Å². The number of para-hydroxylation sites is 1. The molecule has 7 heteroatoms. The highest BCUT2D eigenvalue weighted by atomic mass is 32.2. The van der Waals surface area contributed by atoms with Crippen molar-refractivity contribution in [2.24, 2.45) is 0 Å². The van der Waals surface area contributed by atoms with Gasteiger partial charge < -0.3 is 15.4 Å². The Kier molecular flexibility index (Phi) is 6.20. The number of amides is 2. The number of anilines is 1. The number of carbonyl (C=O) groups excluding carboxylic acids is 1. The van der Waals surface area contributed by atoms with Gasteiger partial charge in [-0.2, -0.15) is 0 Å². The summed E-state index contributed by atoms with van der Waals surface area (Å²) in [5, 5.41) is 5.17. The Morgan fingerprint density at radius 1 is 1.04 bits per heavy atom. The number of nitrogens with one attached hydrogen (secondary N) is 2. The minimum atomic E-state index is -3.09. The fraction of sp³-hybridized carbons (Fsp3) is 0.235. The standard InChI is InChI=1S/C17H20N2O4S/c1-2-24(21,22)12-11-18-17(20)19-14-7-6-10-16(13-14)23-15-8-4-3-5-9-15/h3-10,13H,2,11-12H2,1H3,(H2,18,19,20). The maximum Gasteiger partial charge on any atom is 0.319 e. The highest BCUT2D eigenvalue weighted by molar-refractivity contribution is 7.91. The average molecular weight is 348 g/mol. The summed E-state index contributed by atoms with van der Waals surface area (Å²) in [6, 6.07) is 15.8. The van der Waals surface area contributed by atoms with E-state index in [0.29, 0.717) is 17.2 Å². The molecule has 0 fully saturated rings. The monoisotopic (exact) mass is 348 g/mol. The Balaban J connectivity index is 1.88. The third-order valence-electron chi connectivity index (χ3n) is 3.21. The lowest BCUT2D eigenvalue weighted by atomic mass is 10.3. The van der Waals surface area contributed by atoms with Crippen LogP contribution >= 0.6 is 0 Å². The number of hydrogen-bond acceptors (Lipinski definition) is 4. The van der Waals surface area contributed by atoms with Crippen molar-refractivity contribution in [2.45, 2.75) is 6.92 Å². The van der Waals surface area contributed by atoms with E-state index in [2.05, 4.69) is 10.6 Å². The van der Waals surface area contributed by atoms with Gasteiger partial charge in [0.25, 0.3) is 0 Å². The summed E-state index contributed by atoms with van der Waals surface area (Å²) < 4.78 is 28.4. The molecule has 128 valence electrons. The van der Waals surface area contributed by atoms with Crippen molar-refractivity contribution in [1.82, 2.24) is 5.32 Å². The molecule has 6 nitrogen and oxygen atoms in total. The fourth-order valence-electron chi connectivity index (χ4n) is 1.90. The summed E-state index contributed by atoms with van der Waals surface area (Å²) in [5.74, 6) is 1.28. The van der Waals surface area contributed by atoms with Gasteiger partial charge in [-0.25, -0.2) is 13.2 Å². The van der Waals surface area contributed by atoms with Crippen LogP contribution in [-0.4, -0.2) is 32.5 Å². The van der Waals surface area contributed by atoms with Gasteiger partial charge in [0.05, 0.1) is 5.75 Å². The molecule has 0 radical (unpaired) electrons. The van der Waals surface area contributed by atoms with Crippen LogP contribution in [0, 0.1) is 0 Å². The van der Waals surface area contributed by atoms with Crippen molar-refractivity contribution in [3.8, 4) is 11.5 Å². The Hall–Kier alpha value is -2.54. The molecule has 24 heavy (non-hydrogen) atoms. The van der Waals surface area contributed by atoms with E-state index < -0.39 is 15.9 Å². The van der Waals surface area contributed by atoms with E-state index in [9.17, 15) is 13.2 Å². The van der Waals surface area contributed by atoms with Gasteiger partial charge in [-0.1, -0.05) is 31.2 Å². The van der Waals surface area contributed by atoms with Crippen molar-refractivity contribution in [3.05, 3.63) is 54.6 Å². The SMILES string of the molecule is CCS(=O)(=O)CCNC(=O)Nc1cccc(Oc2ccccc2)c1. The number of benzene rings is 2. The van der Waals surface area contributed by atoms with Crippen molar-refractivity contribution in [3.63, 3.8) is 0 Å². The van der Waals surface area contributed by atoms with Crippen LogP contribution in [0.5, 0.6) is 11.5 Å². The van der Waals surface area contributed by atoms with Gasteiger partial charge in [0, 0.05) is 24.1 Å². The molecule has 0 atom stereocenters. The number of hydrogen-bond donors (Lipinski definition) is 2. The molecular weight excluding hydrogens is 328 g/mol. The van der Waals surface area contributed by atoms with E-state index in [4.69, 9.17) is 4.74 Å². The van der Waals surface area contributed by atoms with E-state index in [1.54, 1.807) is 31.2 Å². The first-order chi connectivity index (χ1) is 11.5. The molecule has 2 N–H and O–H groups in total. The van der Waals surface area contributed by atoms with Crippen molar-refractivity contribution in [1.29, 1.82) is 0 Å². The molecule has 0 heterocycles. The first-order valence-corrected chi connectivity index (χ1v) is 9.39. The first-order valence-electron chi connectivity index (χ1n) is 7.57. The van der Waals surface area contributed by atoms with Gasteiger partial charge in [-0.05, 0) is 24.3 Å². The zero-order chi connectivity index (χ0) is 17.4. The molecule has 0 aliphatic heterocycles. The van der Waals surface area contributed by atoms with Crippen LogP contribution in [0.25, 0.3) is 0 Å². The molecule has 2 rings (SSSR count). The zero-order valence-electron chi connectivity index (χ0n) is 13.4. The lowest BCUT2D eigenvalue weighted by Crippen LogP contribution is -2.33. The second-order valence-corrected chi connectivity index (χ2v) is 7.53. The molecule has 0 aliphatic carbocycles. The minimum Gasteiger partial charge on any atom is -0.457 e. The van der Waals surface area contributed by atoms with Crippen LogP contribution in [0.4, 0.5) is 10.5 Å². The van der Waals surface area contributed by atoms with E-state index in [1.807, 2.05) is 30.3 Å². The molecular formula is C17H20N2O4S. The lowest BCUT2D eigenvalue weighted by Gasteiger charge is -2.10. The molecule has 0 saturated carbocycles. The Bertz CT molecular complexity index is 776. The predicted molar refractivity (Wildman–Crippen MR) is 94.3 cm³/mol. The summed E-state index contributed by atoms with van der Waals surface area (Å²) in [4.78, 5) is 11.8. The number of sulfone groups is 1. The molecule has 0 aliphatic rings. The predicted octanol–water partition coefficient (Wildman–Crippen LogP) is 3.04. The number of urea groups is 1. The van der Waals surface area contributed by atoms with Gasteiger partial charge in [0.15, 0.2) is 9.84 Å². The topological polar surface area (TPSA) is 84.5 Å². The summed E-state index contributed by atoms with van der Waals surface area (Å²) in [6.45, 7) is 1.65. The van der Waals surface area contributed by atoms with Crippen LogP contribution in [0.3, 0.4) is 0 Å². The maximum absolute atomic E-state index is 11.8. The summed E-state index contributed by atoms with van der Waals surface area (Å²) in [6.07, 6.45) is 0. The van der Waals surface area contributed by atoms with Crippen molar-refractivity contribution < 1.29 is 17.9 Å². The number of rotatable bonds is 7. The lowest BCUT2D eigenvalue weighted by molar-refractivity contribution is 0.252. The first kappa shape index (κ1) is 17.8. The average Bonchev–Trinajstić information content (AvgIpc) is 2.56. The maximum atomic E-state index is 11.8. The summed E-state index contributed by atoms with van der Waals surface area (Å²) >= 11 is 0.